The zero-order valence-electron chi connectivity index (χ0n) is 20.0. The van der Waals surface area contributed by atoms with Gasteiger partial charge in [0.15, 0.2) is 11.5 Å². The molecule has 6 nitrogen and oxygen atoms in total. The van der Waals surface area contributed by atoms with E-state index in [0.29, 0.717) is 40.5 Å². The fourth-order valence-corrected chi connectivity index (χ4v) is 5.21. The second-order valence-electron chi connectivity index (χ2n) is 7.78. The second kappa shape index (κ2) is 13.1. The molecule has 0 saturated carbocycles. The Morgan fingerprint density at radius 2 is 1.97 bits per heavy atom. The molecule has 1 aliphatic heterocycles. The Kier molecular flexibility index (Phi) is 10.2. The van der Waals surface area contributed by atoms with Gasteiger partial charge in [-0.3, -0.25) is 14.5 Å². The quantitative estimate of drug-likeness (QED) is 0.177. The lowest BCUT2D eigenvalue weighted by molar-refractivity contribution is -0.143. The highest BCUT2D eigenvalue weighted by molar-refractivity contribution is 9.10. The molecule has 0 aromatic heterocycles. The highest BCUT2D eigenvalue weighted by Gasteiger charge is 2.32. The Morgan fingerprint density at radius 3 is 2.69 bits per heavy atom. The molecular weight excluding hydrogens is 550 g/mol. The minimum Gasteiger partial charge on any atom is -0.490 e. The van der Waals surface area contributed by atoms with Gasteiger partial charge in [-0.25, -0.2) is 0 Å². The summed E-state index contributed by atoms with van der Waals surface area (Å²) in [5.74, 6) is 0.620. The van der Waals surface area contributed by atoms with Crippen LogP contribution in [0.2, 0.25) is 0 Å². The number of nitrogens with zero attached hydrogens (tertiary/aromatic N) is 1. The van der Waals surface area contributed by atoms with E-state index in [1.54, 1.807) is 6.08 Å². The Labute approximate surface area is 224 Å². The van der Waals surface area contributed by atoms with Gasteiger partial charge in [-0.05, 0) is 71.1 Å². The molecular formula is C26H28BrNO5S2. The smallest absolute Gasteiger partial charge is 0.307 e. The van der Waals surface area contributed by atoms with Crippen molar-refractivity contribution in [3.05, 3.63) is 62.5 Å². The molecule has 0 atom stereocenters. The van der Waals surface area contributed by atoms with E-state index < -0.39 is 0 Å². The number of carbonyl (C=O) groups is 2. The lowest BCUT2D eigenvalue weighted by Gasteiger charge is -2.16. The number of carbonyl (C=O) groups excluding carboxylic acids is 2. The average Bonchev–Trinajstić information content (AvgIpc) is 3.09. The monoisotopic (exact) mass is 577 g/mol. The molecule has 0 unspecified atom stereocenters. The first-order valence-electron chi connectivity index (χ1n) is 11.4. The SMILES string of the molecule is CCCOC(=O)CCN1C(=O)/C(=C/c2cc(Br)c(OCc3ccccc3C)c(OCC)c2)SC1=S. The van der Waals surface area contributed by atoms with E-state index in [9.17, 15) is 9.59 Å². The summed E-state index contributed by atoms with van der Waals surface area (Å²) in [5, 5.41) is 0. The van der Waals surface area contributed by atoms with Crippen molar-refractivity contribution in [3.63, 3.8) is 0 Å². The summed E-state index contributed by atoms with van der Waals surface area (Å²) in [5.41, 5.74) is 3.01. The molecule has 0 aliphatic carbocycles. The minimum atomic E-state index is -0.337. The highest BCUT2D eigenvalue weighted by Crippen LogP contribution is 2.40. The largest absolute Gasteiger partial charge is 0.490 e. The van der Waals surface area contributed by atoms with E-state index in [4.69, 9.17) is 26.4 Å². The molecule has 3 rings (SSSR count). The molecule has 0 radical (unpaired) electrons. The molecule has 1 heterocycles. The number of thioether (sulfide) groups is 1. The van der Waals surface area contributed by atoms with Crippen molar-refractivity contribution in [2.24, 2.45) is 0 Å². The van der Waals surface area contributed by atoms with Gasteiger partial charge in [-0.15, -0.1) is 0 Å². The number of aryl methyl sites for hydroxylation is 1. The molecule has 1 fully saturated rings. The fourth-order valence-electron chi connectivity index (χ4n) is 3.33. The van der Waals surface area contributed by atoms with Crippen LogP contribution in [0.15, 0.2) is 45.8 Å². The van der Waals surface area contributed by atoms with Gasteiger partial charge in [-0.2, -0.15) is 0 Å². The molecule has 1 aliphatic rings. The van der Waals surface area contributed by atoms with Crippen LogP contribution < -0.4 is 9.47 Å². The van der Waals surface area contributed by atoms with Crippen LogP contribution in [-0.4, -0.2) is 40.9 Å². The summed E-state index contributed by atoms with van der Waals surface area (Å²) in [6, 6.07) is 11.8. The third-order valence-electron chi connectivity index (χ3n) is 5.14. The van der Waals surface area contributed by atoms with Crippen LogP contribution >= 0.6 is 39.9 Å². The molecule has 0 bridgehead atoms. The first kappa shape index (κ1) is 27.2. The van der Waals surface area contributed by atoms with Gasteiger partial charge >= 0.3 is 5.97 Å². The summed E-state index contributed by atoms with van der Waals surface area (Å²) in [6.45, 7) is 7.32. The molecule has 35 heavy (non-hydrogen) atoms. The van der Waals surface area contributed by atoms with Gasteiger partial charge in [0.25, 0.3) is 5.91 Å². The standard InChI is InChI=1S/C26H28BrNO5S2/c1-4-12-32-23(29)10-11-28-25(30)22(35-26(28)34)15-18-13-20(27)24(21(14-18)31-5-2)33-16-19-9-7-6-8-17(19)3/h6-9,13-15H,4-5,10-12,16H2,1-3H3/b22-15-. The topological polar surface area (TPSA) is 65.1 Å². The van der Waals surface area contributed by atoms with Crippen molar-refractivity contribution < 1.29 is 23.8 Å². The summed E-state index contributed by atoms with van der Waals surface area (Å²) >= 11 is 10.2. The van der Waals surface area contributed by atoms with Crippen molar-refractivity contribution in [2.75, 3.05) is 19.8 Å². The van der Waals surface area contributed by atoms with Crippen molar-refractivity contribution in [2.45, 2.75) is 40.2 Å². The lowest BCUT2D eigenvalue weighted by Crippen LogP contribution is -2.30. The van der Waals surface area contributed by atoms with Crippen molar-refractivity contribution in [1.29, 1.82) is 0 Å². The van der Waals surface area contributed by atoms with Crippen LogP contribution in [-0.2, 0) is 20.9 Å². The van der Waals surface area contributed by atoms with Gasteiger partial charge in [-0.1, -0.05) is 55.2 Å². The van der Waals surface area contributed by atoms with Gasteiger partial charge in [0.05, 0.1) is 29.0 Å². The van der Waals surface area contributed by atoms with E-state index in [1.165, 1.54) is 16.7 Å². The van der Waals surface area contributed by atoms with E-state index >= 15 is 0 Å². The number of hydrogen-bond acceptors (Lipinski definition) is 7. The number of rotatable bonds is 11. The number of amides is 1. The Morgan fingerprint density at radius 1 is 1.20 bits per heavy atom. The second-order valence-corrected chi connectivity index (χ2v) is 10.3. The number of hydrogen-bond donors (Lipinski definition) is 0. The van der Waals surface area contributed by atoms with Crippen molar-refractivity contribution in [1.82, 2.24) is 4.90 Å². The molecule has 2 aromatic rings. The Hall–Kier alpha value is -2.36. The van der Waals surface area contributed by atoms with Crippen LogP contribution in [0.5, 0.6) is 11.5 Å². The summed E-state index contributed by atoms with van der Waals surface area (Å²) < 4.78 is 18.2. The number of ether oxygens (including phenoxy) is 3. The van der Waals surface area contributed by atoms with Gasteiger partial charge in [0.1, 0.15) is 10.9 Å². The molecule has 1 saturated heterocycles. The molecule has 0 spiro atoms. The van der Waals surface area contributed by atoms with Gasteiger partial charge in [0.2, 0.25) is 0 Å². The number of esters is 1. The van der Waals surface area contributed by atoms with Crippen LogP contribution in [0.3, 0.4) is 0 Å². The van der Waals surface area contributed by atoms with Gasteiger partial charge in [0, 0.05) is 6.54 Å². The molecule has 9 heteroatoms. The number of halogens is 1. The summed E-state index contributed by atoms with van der Waals surface area (Å²) in [6.07, 6.45) is 2.63. The van der Waals surface area contributed by atoms with Crippen LogP contribution in [0.1, 0.15) is 43.4 Å². The normalized spacial score (nSPS) is 14.5. The molecule has 0 N–H and O–H groups in total. The van der Waals surface area contributed by atoms with E-state index in [2.05, 4.69) is 15.9 Å². The number of benzene rings is 2. The number of thiocarbonyl (C=S) groups is 1. The zero-order valence-corrected chi connectivity index (χ0v) is 23.2. The van der Waals surface area contributed by atoms with E-state index in [1.807, 2.05) is 57.2 Å². The predicted octanol–water partition coefficient (Wildman–Crippen LogP) is 6.28. The Balaban J connectivity index is 1.76. The summed E-state index contributed by atoms with van der Waals surface area (Å²) in [4.78, 5) is 26.7. The maximum absolute atomic E-state index is 12.9. The van der Waals surface area contributed by atoms with E-state index in [-0.39, 0.29) is 24.8 Å². The molecule has 2 aromatic carbocycles. The molecule has 1 amide bonds. The Bertz CT molecular complexity index is 1130. The summed E-state index contributed by atoms with van der Waals surface area (Å²) in [7, 11) is 0. The van der Waals surface area contributed by atoms with E-state index in [0.717, 1.165) is 27.6 Å². The highest BCUT2D eigenvalue weighted by atomic mass is 79.9. The lowest BCUT2D eigenvalue weighted by atomic mass is 10.1. The van der Waals surface area contributed by atoms with Crippen LogP contribution in [0.25, 0.3) is 6.08 Å². The minimum absolute atomic E-state index is 0.104. The fraction of sp³-hybridized carbons (Fsp3) is 0.346. The third-order valence-corrected chi connectivity index (χ3v) is 7.11. The first-order chi connectivity index (χ1) is 16.8. The van der Waals surface area contributed by atoms with Gasteiger partial charge < -0.3 is 14.2 Å². The van der Waals surface area contributed by atoms with Crippen LogP contribution in [0, 0.1) is 6.92 Å². The maximum Gasteiger partial charge on any atom is 0.307 e. The van der Waals surface area contributed by atoms with Crippen molar-refractivity contribution in [3.8, 4) is 11.5 Å². The third kappa shape index (κ3) is 7.32. The predicted molar refractivity (Wildman–Crippen MR) is 147 cm³/mol. The molecule has 186 valence electrons. The van der Waals surface area contributed by atoms with Crippen LogP contribution in [0.4, 0.5) is 0 Å². The zero-order chi connectivity index (χ0) is 25.4. The van der Waals surface area contributed by atoms with Crippen molar-refractivity contribution >= 4 is 62.2 Å². The maximum atomic E-state index is 12.9. The first-order valence-corrected chi connectivity index (χ1v) is 13.4. The average molecular weight is 579 g/mol.